The smallest absolute Gasteiger partial charge is 0.314 e. The second kappa shape index (κ2) is 4.27. The van der Waals surface area contributed by atoms with Gasteiger partial charge < -0.3 is 5.32 Å². The molecule has 2 heterocycles. The van der Waals surface area contributed by atoms with Crippen LogP contribution >= 0.6 is 11.6 Å². The first-order chi connectivity index (χ1) is 8.04. The summed E-state index contributed by atoms with van der Waals surface area (Å²) in [5.41, 5.74) is 0.720. The van der Waals surface area contributed by atoms with Crippen molar-refractivity contribution in [2.75, 3.05) is 13.1 Å². The van der Waals surface area contributed by atoms with E-state index >= 15 is 0 Å². The van der Waals surface area contributed by atoms with Crippen molar-refractivity contribution in [3.63, 3.8) is 0 Å². The van der Waals surface area contributed by atoms with Gasteiger partial charge in [-0.1, -0.05) is 11.6 Å². The van der Waals surface area contributed by atoms with Crippen LogP contribution in [0.15, 0.2) is 18.3 Å². The molecule has 3 N–H and O–H groups in total. The molecular weight excluding hydrogens is 246 g/mol. The molecule has 17 heavy (non-hydrogen) atoms. The quantitative estimate of drug-likeness (QED) is 0.422. The molecule has 0 saturated carbocycles. The Labute approximate surface area is 102 Å². The van der Waals surface area contributed by atoms with Gasteiger partial charge in [0.05, 0.1) is 11.1 Å². The molecule has 0 radical (unpaired) electrons. The number of guanidine groups is 1. The second-order valence-electron chi connectivity index (χ2n) is 3.82. The van der Waals surface area contributed by atoms with Crippen LogP contribution in [0.3, 0.4) is 0 Å². The van der Waals surface area contributed by atoms with E-state index in [0.717, 1.165) is 5.56 Å². The summed E-state index contributed by atoms with van der Waals surface area (Å²) in [5.74, 6) is -0.0301. The average molecular weight is 258 g/mol. The van der Waals surface area contributed by atoms with E-state index < -0.39 is 4.59 Å². The minimum absolute atomic E-state index is 0.0301. The van der Waals surface area contributed by atoms with E-state index in [1.807, 2.05) is 0 Å². The summed E-state index contributed by atoms with van der Waals surface area (Å²) < 4.78 is -0.497. The van der Waals surface area contributed by atoms with Crippen molar-refractivity contribution in [3.05, 3.63) is 34.0 Å². The number of nitrogens with one attached hydrogen (secondary N) is 2. The molecule has 1 aliphatic heterocycles. The van der Waals surface area contributed by atoms with Crippen molar-refractivity contribution in [2.24, 2.45) is 0 Å². The minimum atomic E-state index is -0.497. The molecule has 1 aromatic rings. The van der Waals surface area contributed by atoms with Crippen LogP contribution in [-0.2, 0) is 6.54 Å². The van der Waals surface area contributed by atoms with Gasteiger partial charge in [0.2, 0.25) is 0 Å². The maximum atomic E-state index is 11.3. The van der Waals surface area contributed by atoms with Gasteiger partial charge in [-0.2, -0.15) is 5.21 Å². The third kappa shape index (κ3) is 2.06. The first-order valence-corrected chi connectivity index (χ1v) is 5.39. The molecule has 1 saturated heterocycles. The molecule has 1 atom stereocenters. The standard InChI is InChI=1S/C9H12ClN5O2/c10-8-2-1-7(5-13-8)6-15(14(16)17)4-3-12-9(15)11/h1-2,5H,3-4,6H2,(H2,11,12)(H,16,17)/q+2. The SMILES string of the molecule is N=C1NCC[N+]1(Cc1ccc(Cl)nc1)[N+](=O)O. The minimum Gasteiger partial charge on any atom is -0.314 e. The van der Waals surface area contributed by atoms with E-state index in [4.69, 9.17) is 17.0 Å². The normalized spacial score (nSPS) is 23.5. The second-order valence-corrected chi connectivity index (χ2v) is 4.21. The highest BCUT2D eigenvalue weighted by Gasteiger charge is 2.54. The predicted octanol–water partition coefficient (Wildman–Crippen LogP) is 0.673. The molecule has 1 aliphatic rings. The molecule has 0 bridgehead atoms. The zero-order valence-electron chi connectivity index (χ0n) is 8.93. The Kier molecular flexibility index (Phi) is 2.95. The first-order valence-electron chi connectivity index (χ1n) is 5.02. The summed E-state index contributed by atoms with van der Waals surface area (Å²) in [5, 5.41) is 19.8. The largest absolute Gasteiger partial charge is 0.437 e. The highest BCUT2D eigenvalue weighted by atomic mass is 35.5. The van der Waals surface area contributed by atoms with Crippen molar-refractivity contribution in [1.82, 2.24) is 10.3 Å². The molecule has 0 amide bonds. The van der Waals surface area contributed by atoms with Crippen LogP contribution in [0.5, 0.6) is 0 Å². The van der Waals surface area contributed by atoms with Gasteiger partial charge in [-0.15, -0.1) is 0 Å². The molecule has 2 rings (SSSR count). The average Bonchev–Trinajstić information content (AvgIpc) is 2.65. The van der Waals surface area contributed by atoms with Crippen LogP contribution in [-0.4, -0.2) is 38.9 Å². The van der Waals surface area contributed by atoms with Gasteiger partial charge in [0.1, 0.15) is 10.1 Å². The summed E-state index contributed by atoms with van der Waals surface area (Å²) in [6.45, 7) is 0.955. The number of nitrogens with zero attached hydrogens (tertiary/aromatic N) is 3. The van der Waals surface area contributed by atoms with E-state index in [9.17, 15) is 10.1 Å². The van der Waals surface area contributed by atoms with Crippen molar-refractivity contribution in [2.45, 2.75) is 6.54 Å². The lowest BCUT2D eigenvalue weighted by atomic mass is 10.2. The van der Waals surface area contributed by atoms with Gasteiger partial charge in [-0.3, -0.25) is 0 Å². The molecule has 1 fully saturated rings. The van der Waals surface area contributed by atoms with Crippen molar-refractivity contribution < 1.29 is 14.8 Å². The van der Waals surface area contributed by atoms with Gasteiger partial charge in [0.25, 0.3) is 0 Å². The number of pyridine rings is 1. The van der Waals surface area contributed by atoms with Crippen molar-refractivity contribution in [1.29, 1.82) is 5.41 Å². The number of quaternary nitrogens is 1. The van der Waals surface area contributed by atoms with Crippen LogP contribution in [0, 0.1) is 10.3 Å². The third-order valence-corrected chi connectivity index (χ3v) is 2.97. The van der Waals surface area contributed by atoms with E-state index in [1.165, 1.54) is 6.20 Å². The highest BCUT2D eigenvalue weighted by Crippen LogP contribution is 2.18. The molecule has 7 nitrogen and oxygen atoms in total. The Balaban J connectivity index is 2.28. The first kappa shape index (κ1) is 11.7. The predicted molar refractivity (Wildman–Crippen MR) is 59.2 cm³/mol. The zero-order chi connectivity index (χ0) is 12.5. The molecule has 8 heteroatoms. The third-order valence-electron chi connectivity index (χ3n) is 2.75. The molecule has 90 valence electrons. The fourth-order valence-corrected chi connectivity index (χ4v) is 1.92. The molecule has 1 aromatic heterocycles. The lowest BCUT2D eigenvalue weighted by Gasteiger charge is -2.14. The number of hydrogen-bond acceptors (Lipinski definition) is 3. The van der Waals surface area contributed by atoms with Crippen LogP contribution in [0.2, 0.25) is 5.15 Å². The molecule has 0 spiro atoms. The number of hydrogen-bond donors (Lipinski definition) is 3. The van der Waals surface area contributed by atoms with Crippen molar-refractivity contribution >= 4 is 17.6 Å². The van der Waals surface area contributed by atoms with Crippen LogP contribution < -0.4 is 5.32 Å². The van der Waals surface area contributed by atoms with Gasteiger partial charge in [0, 0.05) is 11.8 Å². The van der Waals surface area contributed by atoms with Crippen LogP contribution in [0.4, 0.5) is 0 Å². The molecule has 0 aliphatic carbocycles. The Morgan fingerprint density at radius 2 is 2.41 bits per heavy atom. The molecule has 0 aromatic carbocycles. The maximum Gasteiger partial charge on any atom is 0.437 e. The molecular formula is C9H12ClN5O2+2. The van der Waals surface area contributed by atoms with Gasteiger partial charge in [0.15, 0.2) is 13.1 Å². The summed E-state index contributed by atoms with van der Waals surface area (Å²) in [6.07, 6.45) is 1.53. The Bertz CT molecular complexity index is 463. The highest BCUT2D eigenvalue weighted by molar-refractivity contribution is 6.29. The fourth-order valence-electron chi connectivity index (χ4n) is 1.81. The Morgan fingerprint density at radius 3 is 2.88 bits per heavy atom. The topological polar surface area (TPSA) is 89.1 Å². The van der Waals surface area contributed by atoms with E-state index in [-0.39, 0.29) is 17.5 Å². The van der Waals surface area contributed by atoms with Crippen LogP contribution in [0.1, 0.15) is 5.56 Å². The monoisotopic (exact) mass is 257 g/mol. The number of rotatable bonds is 3. The lowest BCUT2D eigenvalue weighted by molar-refractivity contribution is -1.37. The fraction of sp³-hybridized carbons (Fsp3) is 0.333. The Morgan fingerprint density at radius 1 is 1.65 bits per heavy atom. The summed E-state index contributed by atoms with van der Waals surface area (Å²) in [7, 11) is 0. The van der Waals surface area contributed by atoms with Gasteiger partial charge in [-0.05, 0) is 12.1 Å². The summed E-state index contributed by atoms with van der Waals surface area (Å²) >= 11 is 5.66. The Hall–Kier alpha value is -1.73. The van der Waals surface area contributed by atoms with Gasteiger partial charge in [-0.25, -0.2) is 10.4 Å². The molecule has 1 unspecified atom stereocenters. The van der Waals surface area contributed by atoms with E-state index in [1.54, 1.807) is 12.1 Å². The summed E-state index contributed by atoms with van der Waals surface area (Å²) in [6, 6.07) is 3.32. The lowest BCUT2D eigenvalue weighted by Crippen LogP contribution is -2.55. The van der Waals surface area contributed by atoms with E-state index in [2.05, 4.69) is 10.3 Å². The van der Waals surface area contributed by atoms with E-state index in [0.29, 0.717) is 18.2 Å². The van der Waals surface area contributed by atoms with Gasteiger partial charge >= 0.3 is 11.0 Å². The number of aromatic nitrogens is 1. The summed E-state index contributed by atoms with van der Waals surface area (Å²) in [4.78, 5) is 15.2. The van der Waals surface area contributed by atoms with Crippen LogP contribution in [0.25, 0.3) is 0 Å². The zero-order valence-corrected chi connectivity index (χ0v) is 9.68. The van der Waals surface area contributed by atoms with Crippen molar-refractivity contribution in [3.8, 4) is 0 Å². The maximum absolute atomic E-state index is 11.3. The number of halogens is 1.